The fourth-order valence-electron chi connectivity index (χ4n) is 1.93. The van der Waals surface area contributed by atoms with Crippen LogP contribution in [0.1, 0.15) is 11.1 Å². The van der Waals surface area contributed by atoms with E-state index in [-0.39, 0.29) is 5.91 Å². The van der Waals surface area contributed by atoms with Gasteiger partial charge in [-0.25, -0.2) is 0 Å². The van der Waals surface area contributed by atoms with Gasteiger partial charge >= 0.3 is 0 Å². The standard InChI is InChI=1S/C17H17N5O/c18-9-13(10-19)16-7-8-21-11-12(16)1-6-17(23)22-15-4-2-14(20)3-5-15/h1-11,18H,19-20H2,(H,22,23)/b6-1+,13-10+,18-9?. The summed E-state index contributed by atoms with van der Waals surface area (Å²) in [7, 11) is 0. The van der Waals surface area contributed by atoms with Crippen LogP contribution in [-0.4, -0.2) is 17.1 Å². The van der Waals surface area contributed by atoms with E-state index in [1.54, 1.807) is 48.8 Å². The minimum Gasteiger partial charge on any atom is -0.404 e. The third kappa shape index (κ3) is 4.28. The molecular formula is C17H17N5O. The molecule has 0 aliphatic rings. The smallest absolute Gasteiger partial charge is 0.248 e. The zero-order valence-electron chi connectivity index (χ0n) is 12.4. The van der Waals surface area contributed by atoms with Gasteiger partial charge < -0.3 is 22.2 Å². The quantitative estimate of drug-likeness (QED) is 0.385. The van der Waals surface area contributed by atoms with Crippen molar-refractivity contribution in [1.29, 1.82) is 5.41 Å². The number of nitrogen functional groups attached to an aromatic ring is 1. The predicted octanol–water partition coefficient (Wildman–Crippen LogP) is 2.26. The molecule has 6 nitrogen and oxygen atoms in total. The molecule has 116 valence electrons. The highest BCUT2D eigenvalue weighted by Crippen LogP contribution is 2.17. The maximum atomic E-state index is 12.0. The van der Waals surface area contributed by atoms with Crippen molar-refractivity contribution in [3.63, 3.8) is 0 Å². The Morgan fingerprint density at radius 2 is 1.96 bits per heavy atom. The number of carbonyl (C=O) groups excluding carboxylic acids is 1. The molecule has 0 aliphatic carbocycles. The van der Waals surface area contributed by atoms with Crippen molar-refractivity contribution in [2.75, 3.05) is 11.1 Å². The van der Waals surface area contributed by atoms with E-state index in [0.29, 0.717) is 22.5 Å². The highest BCUT2D eigenvalue weighted by Gasteiger charge is 2.04. The summed E-state index contributed by atoms with van der Waals surface area (Å²) >= 11 is 0. The lowest BCUT2D eigenvalue weighted by atomic mass is 10.0. The summed E-state index contributed by atoms with van der Waals surface area (Å²) in [5.41, 5.74) is 14.4. The molecule has 6 N–H and O–H groups in total. The fourth-order valence-corrected chi connectivity index (χ4v) is 1.93. The van der Waals surface area contributed by atoms with Crippen LogP contribution in [-0.2, 0) is 4.79 Å². The van der Waals surface area contributed by atoms with Gasteiger partial charge in [-0.3, -0.25) is 9.78 Å². The van der Waals surface area contributed by atoms with Crippen LogP contribution in [0.5, 0.6) is 0 Å². The number of carbonyl (C=O) groups is 1. The lowest BCUT2D eigenvalue weighted by molar-refractivity contribution is -0.111. The predicted molar refractivity (Wildman–Crippen MR) is 93.7 cm³/mol. The molecule has 0 saturated heterocycles. The third-order valence-corrected chi connectivity index (χ3v) is 3.09. The number of nitrogens with two attached hydrogens (primary N) is 2. The molecule has 1 heterocycles. The van der Waals surface area contributed by atoms with E-state index < -0.39 is 0 Å². The number of aromatic nitrogens is 1. The summed E-state index contributed by atoms with van der Waals surface area (Å²) in [6, 6.07) is 8.60. The highest BCUT2D eigenvalue weighted by molar-refractivity contribution is 6.10. The summed E-state index contributed by atoms with van der Waals surface area (Å²) in [5.74, 6) is -0.280. The number of anilines is 2. The Labute approximate surface area is 134 Å². The minimum absolute atomic E-state index is 0.280. The van der Waals surface area contributed by atoms with Gasteiger partial charge in [0.25, 0.3) is 0 Å². The van der Waals surface area contributed by atoms with Gasteiger partial charge in [0.15, 0.2) is 0 Å². The average molecular weight is 307 g/mol. The zero-order valence-corrected chi connectivity index (χ0v) is 12.4. The molecule has 0 fully saturated rings. The summed E-state index contributed by atoms with van der Waals surface area (Å²) in [6.07, 6.45) is 8.73. The zero-order chi connectivity index (χ0) is 16.7. The van der Waals surface area contributed by atoms with Crippen molar-refractivity contribution in [3.8, 4) is 0 Å². The summed E-state index contributed by atoms with van der Waals surface area (Å²) in [5, 5.41) is 10.1. The van der Waals surface area contributed by atoms with Crippen LogP contribution >= 0.6 is 0 Å². The normalized spacial score (nSPS) is 11.4. The number of benzene rings is 1. The number of hydrogen-bond acceptors (Lipinski definition) is 5. The van der Waals surface area contributed by atoms with Gasteiger partial charge in [0.05, 0.1) is 0 Å². The van der Waals surface area contributed by atoms with Gasteiger partial charge in [-0.05, 0) is 42.0 Å². The Morgan fingerprint density at radius 1 is 1.22 bits per heavy atom. The van der Waals surface area contributed by atoms with E-state index in [1.165, 1.54) is 12.3 Å². The van der Waals surface area contributed by atoms with E-state index in [2.05, 4.69) is 10.3 Å². The second kappa shape index (κ2) is 7.56. The minimum atomic E-state index is -0.280. The first-order valence-corrected chi connectivity index (χ1v) is 6.85. The number of amides is 1. The second-order valence-electron chi connectivity index (χ2n) is 4.67. The molecule has 0 unspecified atom stereocenters. The molecule has 2 rings (SSSR count). The maximum absolute atomic E-state index is 12.0. The molecule has 23 heavy (non-hydrogen) atoms. The average Bonchev–Trinajstić information content (AvgIpc) is 2.57. The molecule has 2 aromatic rings. The number of pyridine rings is 1. The first-order chi connectivity index (χ1) is 11.1. The molecule has 6 heteroatoms. The third-order valence-electron chi connectivity index (χ3n) is 3.09. The number of nitrogens with one attached hydrogen (secondary N) is 2. The van der Waals surface area contributed by atoms with Crippen molar-refractivity contribution in [2.24, 2.45) is 5.73 Å². The van der Waals surface area contributed by atoms with Gasteiger partial charge in [0.1, 0.15) is 0 Å². The number of rotatable bonds is 5. The first-order valence-electron chi connectivity index (χ1n) is 6.85. The fraction of sp³-hybridized carbons (Fsp3) is 0. The topological polar surface area (TPSA) is 118 Å². The number of hydrogen-bond donors (Lipinski definition) is 4. The van der Waals surface area contributed by atoms with Crippen LogP contribution in [0.2, 0.25) is 0 Å². The van der Waals surface area contributed by atoms with Gasteiger partial charge in [-0.1, -0.05) is 0 Å². The van der Waals surface area contributed by atoms with Gasteiger partial charge in [0, 0.05) is 53.4 Å². The van der Waals surface area contributed by atoms with Crippen molar-refractivity contribution in [2.45, 2.75) is 0 Å². The van der Waals surface area contributed by atoms with Crippen LogP contribution in [0.4, 0.5) is 11.4 Å². The van der Waals surface area contributed by atoms with E-state index in [1.807, 2.05) is 0 Å². The number of allylic oxidation sites excluding steroid dienone is 1. The lowest BCUT2D eigenvalue weighted by Gasteiger charge is -2.05. The van der Waals surface area contributed by atoms with E-state index in [0.717, 1.165) is 11.8 Å². The molecule has 1 amide bonds. The Hall–Kier alpha value is -3.41. The van der Waals surface area contributed by atoms with Crippen molar-refractivity contribution >= 4 is 35.1 Å². The Kier molecular flexibility index (Phi) is 5.25. The van der Waals surface area contributed by atoms with Crippen LogP contribution in [0, 0.1) is 5.41 Å². The summed E-state index contributed by atoms with van der Waals surface area (Å²) < 4.78 is 0. The maximum Gasteiger partial charge on any atom is 0.248 e. The molecule has 0 atom stereocenters. The largest absolute Gasteiger partial charge is 0.404 e. The van der Waals surface area contributed by atoms with Crippen molar-refractivity contribution in [3.05, 3.63) is 66.1 Å². The SMILES string of the molecule is N=C/C(=C\N)c1ccncc1/C=C/C(=O)Nc1ccc(N)cc1. The Morgan fingerprint density at radius 3 is 2.61 bits per heavy atom. The number of nitrogens with zero attached hydrogens (tertiary/aromatic N) is 1. The lowest BCUT2D eigenvalue weighted by Crippen LogP contribution is -2.07. The van der Waals surface area contributed by atoms with E-state index >= 15 is 0 Å². The van der Waals surface area contributed by atoms with Crippen LogP contribution in [0.15, 0.2) is 55.0 Å². The molecule has 0 bridgehead atoms. The second-order valence-corrected chi connectivity index (χ2v) is 4.67. The van der Waals surface area contributed by atoms with Gasteiger partial charge in [-0.15, -0.1) is 0 Å². The molecular weight excluding hydrogens is 290 g/mol. The summed E-state index contributed by atoms with van der Waals surface area (Å²) in [4.78, 5) is 16.0. The molecule has 0 aliphatic heterocycles. The van der Waals surface area contributed by atoms with Crippen LogP contribution in [0.25, 0.3) is 11.6 Å². The first kappa shape index (κ1) is 16.0. The Balaban J connectivity index is 2.15. The molecule has 0 radical (unpaired) electrons. The molecule has 1 aromatic carbocycles. The Bertz CT molecular complexity index is 763. The van der Waals surface area contributed by atoms with E-state index in [9.17, 15) is 4.79 Å². The monoisotopic (exact) mass is 307 g/mol. The molecule has 0 spiro atoms. The van der Waals surface area contributed by atoms with Gasteiger partial charge in [-0.2, -0.15) is 0 Å². The van der Waals surface area contributed by atoms with Gasteiger partial charge in [0.2, 0.25) is 5.91 Å². The molecule has 1 aromatic heterocycles. The summed E-state index contributed by atoms with van der Waals surface area (Å²) in [6.45, 7) is 0. The highest BCUT2D eigenvalue weighted by atomic mass is 16.1. The van der Waals surface area contributed by atoms with Crippen molar-refractivity contribution < 1.29 is 4.79 Å². The van der Waals surface area contributed by atoms with Crippen molar-refractivity contribution in [1.82, 2.24) is 4.98 Å². The molecule has 0 saturated carbocycles. The van der Waals surface area contributed by atoms with Crippen LogP contribution < -0.4 is 16.8 Å². The van der Waals surface area contributed by atoms with Crippen LogP contribution in [0.3, 0.4) is 0 Å². The van der Waals surface area contributed by atoms with E-state index in [4.69, 9.17) is 16.9 Å².